The van der Waals surface area contributed by atoms with Gasteiger partial charge in [0.2, 0.25) is 0 Å². The molecule has 1 unspecified atom stereocenters. The topological polar surface area (TPSA) is 74.8 Å². The molecule has 0 bridgehead atoms. The summed E-state index contributed by atoms with van der Waals surface area (Å²) in [6.07, 6.45) is 0.652. The minimum atomic E-state index is -0.478. The summed E-state index contributed by atoms with van der Waals surface area (Å²) in [5.74, 6) is 1.25. The maximum absolute atomic E-state index is 11.5. The van der Waals surface area contributed by atoms with Gasteiger partial charge in [0, 0.05) is 31.6 Å². The largest absolute Gasteiger partial charge is 0.444 e. The maximum atomic E-state index is 11.5. The minimum absolute atomic E-state index is 0.406. The second-order valence-electron chi connectivity index (χ2n) is 6.70. The third-order valence-electron chi connectivity index (χ3n) is 3.06. The van der Waals surface area contributed by atoms with Crippen LogP contribution in [0.25, 0.3) is 0 Å². The number of carbonyl (C=O) groups excluding carboxylic acids is 1. The van der Waals surface area contributed by atoms with Crippen molar-refractivity contribution in [3.8, 4) is 0 Å². The van der Waals surface area contributed by atoms with E-state index in [4.69, 9.17) is 4.74 Å². The zero-order valence-electron chi connectivity index (χ0n) is 15.3. The highest BCUT2D eigenvalue weighted by Crippen LogP contribution is 2.13. The van der Waals surface area contributed by atoms with Crippen molar-refractivity contribution in [2.45, 2.75) is 39.7 Å². The average molecular weight is 355 g/mol. The van der Waals surface area contributed by atoms with E-state index in [2.05, 4.69) is 45.4 Å². The van der Waals surface area contributed by atoms with E-state index in [1.165, 1.54) is 4.88 Å². The Morgan fingerprint density at radius 1 is 1.29 bits per heavy atom. The van der Waals surface area contributed by atoms with Gasteiger partial charge >= 0.3 is 6.09 Å². The molecule has 1 heterocycles. The first kappa shape index (κ1) is 20.3. The minimum Gasteiger partial charge on any atom is -0.444 e. The van der Waals surface area contributed by atoms with Gasteiger partial charge in [-0.05, 0) is 44.6 Å². The van der Waals surface area contributed by atoms with Crippen molar-refractivity contribution in [1.82, 2.24) is 16.0 Å². The number of amides is 1. The van der Waals surface area contributed by atoms with E-state index < -0.39 is 11.7 Å². The standard InChI is InChI=1S/C17H30N4O2S/c1-13(11-14-7-6-10-24-14)12-21-15(18-5)19-8-9-20-16(22)23-17(2,3)4/h6-7,10,13H,8-9,11-12H2,1-5H3,(H,20,22)(H2,18,19,21). The first-order chi connectivity index (χ1) is 11.3. The summed E-state index contributed by atoms with van der Waals surface area (Å²) in [6, 6.07) is 4.24. The van der Waals surface area contributed by atoms with Crippen molar-refractivity contribution < 1.29 is 9.53 Å². The maximum Gasteiger partial charge on any atom is 0.407 e. The monoisotopic (exact) mass is 354 g/mol. The molecule has 1 amide bonds. The van der Waals surface area contributed by atoms with Gasteiger partial charge in [0.25, 0.3) is 0 Å². The number of aliphatic imine (C=N–C) groups is 1. The molecule has 0 aliphatic rings. The molecule has 1 atom stereocenters. The molecule has 1 aromatic rings. The molecule has 136 valence electrons. The number of alkyl carbamates (subject to hydrolysis) is 1. The van der Waals surface area contributed by atoms with Crippen LogP contribution in [-0.4, -0.2) is 44.3 Å². The molecule has 0 fully saturated rings. The lowest BCUT2D eigenvalue weighted by atomic mass is 10.1. The Morgan fingerprint density at radius 2 is 2.00 bits per heavy atom. The molecular weight excluding hydrogens is 324 g/mol. The number of hydrogen-bond donors (Lipinski definition) is 3. The van der Waals surface area contributed by atoms with E-state index in [1.807, 2.05) is 20.8 Å². The summed E-state index contributed by atoms with van der Waals surface area (Å²) in [5.41, 5.74) is -0.478. The summed E-state index contributed by atoms with van der Waals surface area (Å²) in [7, 11) is 1.74. The van der Waals surface area contributed by atoms with Gasteiger partial charge in [0.15, 0.2) is 5.96 Å². The lowest BCUT2D eigenvalue weighted by Gasteiger charge is -2.20. The predicted octanol–water partition coefficient (Wildman–Crippen LogP) is 2.62. The molecule has 0 aliphatic heterocycles. The number of rotatable bonds is 7. The van der Waals surface area contributed by atoms with Crippen molar-refractivity contribution >= 4 is 23.4 Å². The first-order valence-electron chi connectivity index (χ1n) is 8.24. The fraction of sp³-hybridized carbons (Fsp3) is 0.647. The van der Waals surface area contributed by atoms with Crippen LogP contribution in [0.2, 0.25) is 0 Å². The van der Waals surface area contributed by atoms with Crippen LogP contribution in [0.4, 0.5) is 4.79 Å². The summed E-state index contributed by atoms with van der Waals surface area (Å²) in [4.78, 5) is 17.1. The summed E-state index contributed by atoms with van der Waals surface area (Å²) < 4.78 is 5.18. The lowest BCUT2D eigenvalue weighted by Crippen LogP contribution is -2.43. The number of guanidine groups is 1. The number of nitrogens with zero attached hydrogens (tertiary/aromatic N) is 1. The van der Waals surface area contributed by atoms with Crippen LogP contribution >= 0.6 is 11.3 Å². The third kappa shape index (κ3) is 9.39. The normalized spacial score (nSPS) is 13.3. The highest BCUT2D eigenvalue weighted by Gasteiger charge is 2.15. The van der Waals surface area contributed by atoms with Crippen molar-refractivity contribution in [2.75, 3.05) is 26.7 Å². The molecule has 0 aliphatic carbocycles. The highest BCUT2D eigenvalue weighted by atomic mass is 32.1. The fourth-order valence-corrected chi connectivity index (χ4v) is 2.87. The van der Waals surface area contributed by atoms with E-state index >= 15 is 0 Å². The quantitative estimate of drug-likeness (QED) is 0.400. The Bertz CT molecular complexity index is 509. The number of ether oxygens (including phenoxy) is 1. The zero-order valence-corrected chi connectivity index (χ0v) is 16.1. The van der Waals surface area contributed by atoms with Gasteiger partial charge in [0.05, 0.1) is 0 Å². The van der Waals surface area contributed by atoms with Crippen LogP contribution < -0.4 is 16.0 Å². The van der Waals surface area contributed by atoms with Crippen LogP contribution in [0.15, 0.2) is 22.5 Å². The summed E-state index contributed by atoms with van der Waals surface area (Å²) in [5, 5.41) is 11.3. The molecule has 3 N–H and O–H groups in total. The van der Waals surface area contributed by atoms with Crippen molar-refractivity contribution in [1.29, 1.82) is 0 Å². The van der Waals surface area contributed by atoms with Gasteiger partial charge in [-0.1, -0.05) is 13.0 Å². The molecule has 0 spiro atoms. The Hall–Kier alpha value is -1.76. The second-order valence-corrected chi connectivity index (χ2v) is 7.73. The second kappa shape index (κ2) is 10.2. The predicted molar refractivity (Wildman–Crippen MR) is 101 cm³/mol. The summed E-state index contributed by atoms with van der Waals surface area (Å²) in [6.45, 7) is 9.63. The van der Waals surface area contributed by atoms with Gasteiger partial charge in [-0.2, -0.15) is 0 Å². The smallest absolute Gasteiger partial charge is 0.407 e. The first-order valence-corrected chi connectivity index (χ1v) is 9.12. The molecule has 24 heavy (non-hydrogen) atoms. The van der Waals surface area contributed by atoms with E-state index in [-0.39, 0.29) is 0 Å². The van der Waals surface area contributed by atoms with E-state index in [0.29, 0.717) is 19.0 Å². The molecule has 0 saturated heterocycles. The lowest BCUT2D eigenvalue weighted by molar-refractivity contribution is 0.0529. The van der Waals surface area contributed by atoms with E-state index in [9.17, 15) is 4.79 Å². The van der Waals surface area contributed by atoms with Crippen molar-refractivity contribution in [3.63, 3.8) is 0 Å². The van der Waals surface area contributed by atoms with Gasteiger partial charge in [0.1, 0.15) is 5.60 Å². The van der Waals surface area contributed by atoms with Crippen LogP contribution in [-0.2, 0) is 11.2 Å². The molecule has 6 nitrogen and oxygen atoms in total. The van der Waals surface area contributed by atoms with Crippen molar-refractivity contribution in [3.05, 3.63) is 22.4 Å². The van der Waals surface area contributed by atoms with Crippen molar-refractivity contribution in [2.24, 2.45) is 10.9 Å². The molecule has 0 radical (unpaired) electrons. The SMILES string of the molecule is CN=C(NCCNC(=O)OC(C)(C)C)NCC(C)Cc1cccs1. The van der Waals surface area contributed by atoms with Gasteiger partial charge in [-0.25, -0.2) is 4.79 Å². The fourth-order valence-electron chi connectivity index (χ4n) is 2.00. The Labute approximate surface area is 149 Å². The molecule has 0 aromatic carbocycles. The van der Waals surface area contributed by atoms with Crippen LogP contribution in [0.3, 0.4) is 0 Å². The Kier molecular flexibility index (Phi) is 8.60. The van der Waals surface area contributed by atoms with Gasteiger partial charge < -0.3 is 20.7 Å². The third-order valence-corrected chi connectivity index (χ3v) is 3.96. The highest BCUT2D eigenvalue weighted by molar-refractivity contribution is 7.09. The van der Waals surface area contributed by atoms with Crippen LogP contribution in [0, 0.1) is 5.92 Å². The molecule has 7 heteroatoms. The average Bonchev–Trinajstić information content (AvgIpc) is 2.97. The Morgan fingerprint density at radius 3 is 2.58 bits per heavy atom. The number of nitrogens with one attached hydrogen (secondary N) is 3. The Balaban J connectivity index is 2.17. The molecule has 0 saturated carbocycles. The molecular formula is C17H30N4O2S. The zero-order chi connectivity index (χ0) is 18.0. The van der Waals surface area contributed by atoms with Gasteiger partial charge in [-0.3, -0.25) is 4.99 Å². The van der Waals surface area contributed by atoms with E-state index in [1.54, 1.807) is 18.4 Å². The molecule has 1 aromatic heterocycles. The number of carbonyl (C=O) groups is 1. The summed E-state index contributed by atoms with van der Waals surface area (Å²) >= 11 is 1.79. The van der Waals surface area contributed by atoms with Crippen LogP contribution in [0.5, 0.6) is 0 Å². The number of thiophene rings is 1. The number of hydrogen-bond acceptors (Lipinski definition) is 4. The van der Waals surface area contributed by atoms with E-state index in [0.717, 1.165) is 18.9 Å². The van der Waals surface area contributed by atoms with Gasteiger partial charge in [-0.15, -0.1) is 11.3 Å². The van der Waals surface area contributed by atoms with Crippen LogP contribution in [0.1, 0.15) is 32.6 Å². The molecule has 1 rings (SSSR count).